The van der Waals surface area contributed by atoms with E-state index in [1.54, 1.807) is 67.8 Å². The lowest BCUT2D eigenvalue weighted by molar-refractivity contribution is 0.0948. The minimum absolute atomic E-state index is 0.278. The van der Waals surface area contributed by atoms with Crippen LogP contribution in [0.2, 0.25) is 0 Å². The topological polar surface area (TPSA) is 67.4 Å². The number of ether oxygens (including phenoxy) is 1. The summed E-state index contributed by atoms with van der Waals surface area (Å²) in [5.74, 6) is 0.464. The first-order valence-electron chi connectivity index (χ1n) is 10.7. The molecule has 5 nitrogen and oxygen atoms in total. The molecule has 1 unspecified atom stereocenters. The van der Waals surface area contributed by atoms with Crippen LogP contribution in [-0.4, -0.2) is 18.9 Å². The summed E-state index contributed by atoms with van der Waals surface area (Å²) in [5.41, 5.74) is 4.38. The molecule has 0 aliphatic heterocycles. The van der Waals surface area contributed by atoms with Crippen LogP contribution >= 0.6 is 0 Å². The second kappa shape index (κ2) is 11.0. The second-order valence-electron chi connectivity index (χ2n) is 7.57. The van der Waals surface area contributed by atoms with Gasteiger partial charge in [-0.2, -0.15) is 0 Å². The average molecular weight is 441 g/mol. The molecule has 0 bridgehead atoms. The van der Waals surface area contributed by atoms with E-state index < -0.39 is 0 Å². The summed E-state index contributed by atoms with van der Waals surface area (Å²) < 4.78 is 5.15. The Morgan fingerprint density at radius 2 is 1.42 bits per heavy atom. The second-order valence-corrected chi connectivity index (χ2v) is 7.57. The lowest BCUT2D eigenvalue weighted by atomic mass is 10.0. The molecule has 33 heavy (non-hydrogen) atoms. The summed E-state index contributed by atoms with van der Waals surface area (Å²) in [6.07, 6.45) is 10.7. The fourth-order valence-corrected chi connectivity index (χ4v) is 3.25. The van der Waals surface area contributed by atoms with Gasteiger partial charge in [-0.1, -0.05) is 48.6 Å². The highest BCUT2D eigenvalue weighted by molar-refractivity contribution is 5.98. The Morgan fingerprint density at radius 3 is 1.88 bits per heavy atom. The van der Waals surface area contributed by atoms with Crippen molar-refractivity contribution < 1.29 is 14.3 Å². The molecule has 0 heterocycles. The van der Waals surface area contributed by atoms with Gasteiger partial charge in [-0.15, -0.1) is 0 Å². The van der Waals surface area contributed by atoms with Gasteiger partial charge in [0.25, 0.3) is 11.8 Å². The third-order valence-electron chi connectivity index (χ3n) is 5.22. The monoisotopic (exact) mass is 440 g/mol. The Morgan fingerprint density at radius 1 is 0.909 bits per heavy atom. The van der Waals surface area contributed by atoms with E-state index in [9.17, 15) is 9.59 Å². The number of nitrogens with one attached hydrogen (secondary N) is 2. The van der Waals surface area contributed by atoms with Gasteiger partial charge in [0.05, 0.1) is 18.5 Å². The number of carbonyl (C=O) groups excluding carboxylic acids is 2. The van der Waals surface area contributed by atoms with Gasteiger partial charge in [0, 0.05) is 17.0 Å². The van der Waals surface area contributed by atoms with Crippen LogP contribution in [0.15, 0.2) is 109 Å². The molecule has 0 fully saturated rings. The smallest absolute Gasteiger partial charge is 0.255 e. The molecule has 168 valence electrons. The summed E-state index contributed by atoms with van der Waals surface area (Å²) in [4.78, 5) is 25.8. The highest BCUT2D eigenvalue weighted by atomic mass is 16.5. The Bertz CT molecular complexity index is 1150. The van der Waals surface area contributed by atoms with Crippen molar-refractivity contribution in [3.8, 4) is 5.75 Å². The first-order valence-corrected chi connectivity index (χ1v) is 10.7. The van der Waals surface area contributed by atoms with Crippen molar-refractivity contribution in [2.45, 2.75) is 19.8 Å². The SMILES string of the molecule is C=C\C=C(NC(=O)c1ccc(C2C=C2C)cc1)/C(=C\C=C\C)NC(=O)c1ccc(OC)cc1. The predicted octanol–water partition coefficient (Wildman–Crippen LogP) is 5.43. The molecular formula is C28H28N2O3. The lowest BCUT2D eigenvalue weighted by Gasteiger charge is -2.15. The largest absolute Gasteiger partial charge is 0.497 e. The van der Waals surface area contributed by atoms with Crippen LogP contribution in [-0.2, 0) is 0 Å². The molecule has 0 spiro atoms. The Hall–Kier alpha value is -4.12. The normalized spacial score (nSPS) is 15.6. The Labute approximate surface area is 194 Å². The summed E-state index contributed by atoms with van der Waals surface area (Å²) in [5, 5.41) is 5.77. The standard InChI is InChI=1S/C28H28N2O3/c1-5-7-9-26(30-28(32)22-14-16-23(33-4)17-15-22)25(8-6-2)29-27(31)21-12-10-20(11-13-21)24-18-19(24)3/h5-18,24H,2H2,1,3-4H3,(H,29,31)(H,30,32)/b7-5+,25-8+,26-9+. The van der Waals surface area contributed by atoms with Gasteiger partial charge >= 0.3 is 0 Å². The average Bonchev–Trinajstić information content (AvgIpc) is 3.57. The van der Waals surface area contributed by atoms with E-state index in [0.717, 1.165) is 0 Å². The van der Waals surface area contributed by atoms with Crippen molar-refractivity contribution >= 4 is 11.8 Å². The highest BCUT2D eigenvalue weighted by Crippen LogP contribution is 2.38. The number of hydrogen-bond donors (Lipinski definition) is 2. The molecular weight excluding hydrogens is 412 g/mol. The van der Waals surface area contributed by atoms with Crippen LogP contribution in [0.3, 0.4) is 0 Å². The van der Waals surface area contributed by atoms with Gasteiger partial charge in [-0.25, -0.2) is 0 Å². The maximum Gasteiger partial charge on any atom is 0.255 e. The number of methoxy groups -OCH3 is 1. The van der Waals surface area contributed by atoms with E-state index >= 15 is 0 Å². The van der Waals surface area contributed by atoms with Crippen molar-refractivity contribution in [3.05, 3.63) is 125 Å². The van der Waals surface area contributed by atoms with Gasteiger partial charge in [0.1, 0.15) is 5.75 Å². The van der Waals surface area contributed by atoms with E-state index in [1.165, 1.54) is 11.1 Å². The number of benzene rings is 2. The highest BCUT2D eigenvalue weighted by Gasteiger charge is 2.22. The zero-order valence-corrected chi connectivity index (χ0v) is 19.1. The van der Waals surface area contributed by atoms with Crippen molar-refractivity contribution in [3.63, 3.8) is 0 Å². The summed E-state index contributed by atoms with van der Waals surface area (Å²) >= 11 is 0. The molecule has 0 radical (unpaired) electrons. The van der Waals surface area contributed by atoms with Crippen molar-refractivity contribution in [2.75, 3.05) is 7.11 Å². The van der Waals surface area contributed by atoms with Crippen LogP contribution in [0.25, 0.3) is 0 Å². The van der Waals surface area contributed by atoms with Gasteiger partial charge in [0.15, 0.2) is 0 Å². The Kier molecular flexibility index (Phi) is 7.82. The first-order chi connectivity index (χ1) is 16.0. The summed E-state index contributed by atoms with van der Waals surface area (Å²) in [7, 11) is 1.57. The molecule has 3 rings (SSSR count). The molecule has 2 amide bonds. The van der Waals surface area contributed by atoms with Gasteiger partial charge in [-0.3, -0.25) is 9.59 Å². The zero-order chi connectivity index (χ0) is 23.8. The first kappa shape index (κ1) is 23.5. The molecule has 1 aliphatic carbocycles. The molecule has 0 aromatic heterocycles. The summed E-state index contributed by atoms with van der Waals surface area (Å²) in [6.45, 7) is 7.70. The minimum Gasteiger partial charge on any atom is -0.497 e. The van der Waals surface area contributed by atoms with Crippen molar-refractivity contribution in [1.29, 1.82) is 0 Å². The number of rotatable bonds is 9. The molecule has 2 aromatic carbocycles. The molecule has 1 atom stereocenters. The predicted molar refractivity (Wildman–Crippen MR) is 132 cm³/mol. The minimum atomic E-state index is -0.311. The van der Waals surface area contributed by atoms with E-state index in [-0.39, 0.29) is 11.8 Å². The van der Waals surface area contributed by atoms with Crippen molar-refractivity contribution in [1.82, 2.24) is 10.6 Å². The van der Waals surface area contributed by atoms with Gasteiger partial charge < -0.3 is 15.4 Å². The molecule has 1 aliphatic rings. The molecule has 0 saturated carbocycles. The van der Waals surface area contributed by atoms with Crippen LogP contribution in [0.1, 0.15) is 46.0 Å². The zero-order valence-electron chi connectivity index (χ0n) is 19.1. The van der Waals surface area contributed by atoms with E-state index in [1.807, 2.05) is 25.1 Å². The maximum absolute atomic E-state index is 12.9. The molecule has 5 heteroatoms. The molecule has 0 saturated heterocycles. The van der Waals surface area contributed by atoms with Crippen LogP contribution < -0.4 is 15.4 Å². The van der Waals surface area contributed by atoms with Crippen LogP contribution in [0, 0.1) is 0 Å². The van der Waals surface area contributed by atoms with Crippen LogP contribution in [0.5, 0.6) is 5.75 Å². The molecule has 2 N–H and O–H groups in total. The lowest BCUT2D eigenvalue weighted by Crippen LogP contribution is -2.31. The van der Waals surface area contributed by atoms with Crippen LogP contribution in [0.4, 0.5) is 0 Å². The van der Waals surface area contributed by atoms with Gasteiger partial charge in [0.2, 0.25) is 0 Å². The van der Waals surface area contributed by atoms with E-state index in [4.69, 9.17) is 4.74 Å². The fourth-order valence-electron chi connectivity index (χ4n) is 3.25. The molecule has 2 aromatic rings. The third kappa shape index (κ3) is 6.20. The number of carbonyl (C=O) groups is 2. The quantitative estimate of drug-likeness (QED) is 0.404. The number of hydrogen-bond acceptors (Lipinski definition) is 3. The van der Waals surface area contributed by atoms with Crippen molar-refractivity contribution in [2.24, 2.45) is 0 Å². The number of allylic oxidation sites excluding steroid dienone is 7. The fraction of sp³-hybridized carbons (Fsp3) is 0.143. The third-order valence-corrected chi connectivity index (χ3v) is 5.22. The maximum atomic E-state index is 12.9. The van der Waals surface area contributed by atoms with E-state index in [0.29, 0.717) is 34.2 Å². The van der Waals surface area contributed by atoms with E-state index in [2.05, 4.69) is 30.2 Å². The number of amides is 2. The summed E-state index contributed by atoms with van der Waals surface area (Å²) in [6, 6.07) is 14.3. The Balaban J connectivity index is 1.77. The van der Waals surface area contributed by atoms with Gasteiger partial charge in [-0.05, 0) is 68.0 Å².